The molecule has 1 saturated heterocycles. The number of likely N-dealkylation sites (tertiary alicyclic amines) is 1. The molecule has 0 spiro atoms. The van der Waals surface area contributed by atoms with Crippen molar-refractivity contribution in [3.05, 3.63) is 95.1 Å². The molecule has 3 aromatic rings. The van der Waals surface area contributed by atoms with Gasteiger partial charge in [0, 0.05) is 36.7 Å². The second kappa shape index (κ2) is 9.70. The Kier molecular flexibility index (Phi) is 6.33. The lowest BCUT2D eigenvalue weighted by atomic mass is 9.86. The first-order chi connectivity index (χ1) is 16.7. The predicted molar refractivity (Wildman–Crippen MR) is 131 cm³/mol. The Balaban J connectivity index is 1.37. The summed E-state index contributed by atoms with van der Waals surface area (Å²) in [5, 5.41) is 9.19. The van der Waals surface area contributed by atoms with Gasteiger partial charge in [-0.15, -0.1) is 0 Å². The van der Waals surface area contributed by atoms with Gasteiger partial charge in [0.2, 0.25) is 0 Å². The monoisotopic (exact) mass is 454 g/mol. The van der Waals surface area contributed by atoms with Crippen molar-refractivity contribution >= 4 is 11.1 Å². The number of fused-ring (bicyclic) bond motifs is 1. The minimum atomic E-state index is -0.268. The van der Waals surface area contributed by atoms with Crippen molar-refractivity contribution < 1.29 is 13.9 Å². The SMILES string of the molecule is CC1=C(c2ccc(C#N)cc2)C(c2ccc(OCCN3CC(CF)C3)cc2)Oc2ccccc21. The average Bonchev–Trinajstić information content (AvgIpc) is 2.86. The van der Waals surface area contributed by atoms with E-state index in [1.807, 2.05) is 66.7 Å². The molecule has 0 saturated carbocycles. The Morgan fingerprint density at radius 2 is 1.76 bits per heavy atom. The van der Waals surface area contributed by atoms with E-state index in [9.17, 15) is 9.65 Å². The zero-order valence-electron chi connectivity index (χ0n) is 19.2. The second-order valence-corrected chi connectivity index (χ2v) is 8.92. The molecule has 1 unspecified atom stereocenters. The van der Waals surface area contributed by atoms with Gasteiger partial charge in [0.25, 0.3) is 0 Å². The highest BCUT2D eigenvalue weighted by Crippen LogP contribution is 2.46. The minimum Gasteiger partial charge on any atom is -0.492 e. The summed E-state index contributed by atoms with van der Waals surface area (Å²) in [6, 6.07) is 26.0. The molecule has 0 aliphatic carbocycles. The standard InChI is InChI=1S/C29H27FN2O2/c1-20-26-4-2-3-5-27(26)34-29(28(20)23-8-6-21(17-31)7-9-23)24-10-12-25(13-11-24)33-15-14-32-18-22(16-30)19-32/h2-13,22,29H,14-16,18-19H2,1H3. The van der Waals surface area contributed by atoms with Crippen LogP contribution in [0.2, 0.25) is 0 Å². The number of rotatable bonds is 7. The van der Waals surface area contributed by atoms with Crippen molar-refractivity contribution in [2.45, 2.75) is 13.0 Å². The van der Waals surface area contributed by atoms with Crippen LogP contribution in [0, 0.1) is 17.2 Å². The Bertz CT molecular complexity index is 1220. The molecule has 2 aliphatic heterocycles. The molecule has 4 nitrogen and oxygen atoms in total. The van der Waals surface area contributed by atoms with Crippen LogP contribution in [-0.4, -0.2) is 37.8 Å². The third-order valence-electron chi connectivity index (χ3n) is 6.64. The van der Waals surface area contributed by atoms with Crippen LogP contribution in [0.1, 0.15) is 35.3 Å². The number of hydrogen-bond acceptors (Lipinski definition) is 4. The second-order valence-electron chi connectivity index (χ2n) is 8.92. The number of para-hydroxylation sites is 1. The van der Waals surface area contributed by atoms with E-state index in [0.29, 0.717) is 12.2 Å². The Labute approximate surface area is 199 Å². The van der Waals surface area contributed by atoms with Gasteiger partial charge in [-0.05, 0) is 54.0 Å². The fourth-order valence-corrected chi connectivity index (χ4v) is 4.72. The molecule has 1 atom stereocenters. The molecule has 5 rings (SSSR count). The lowest BCUT2D eigenvalue weighted by Gasteiger charge is -2.37. The van der Waals surface area contributed by atoms with Crippen molar-refractivity contribution in [2.75, 3.05) is 32.9 Å². The first kappa shape index (κ1) is 22.2. The van der Waals surface area contributed by atoms with Gasteiger partial charge >= 0.3 is 0 Å². The van der Waals surface area contributed by atoms with Crippen LogP contribution in [0.25, 0.3) is 11.1 Å². The average molecular weight is 455 g/mol. The molecule has 3 aromatic carbocycles. The van der Waals surface area contributed by atoms with E-state index in [1.54, 1.807) is 0 Å². The molecule has 1 fully saturated rings. The molecule has 5 heteroatoms. The van der Waals surface area contributed by atoms with Crippen LogP contribution in [0.5, 0.6) is 11.5 Å². The summed E-state index contributed by atoms with van der Waals surface area (Å²) in [7, 11) is 0. The topological polar surface area (TPSA) is 45.5 Å². The molecular weight excluding hydrogens is 427 g/mol. The molecule has 2 aliphatic rings. The summed E-state index contributed by atoms with van der Waals surface area (Å²) in [5.41, 5.74) is 6.05. The largest absolute Gasteiger partial charge is 0.492 e. The van der Waals surface area contributed by atoms with Gasteiger partial charge in [-0.1, -0.05) is 42.5 Å². The van der Waals surface area contributed by atoms with Crippen LogP contribution < -0.4 is 9.47 Å². The third kappa shape index (κ3) is 4.42. The van der Waals surface area contributed by atoms with E-state index in [2.05, 4.69) is 24.0 Å². The summed E-state index contributed by atoms with van der Waals surface area (Å²) in [4.78, 5) is 2.21. The lowest BCUT2D eigenvalue weighted by molar-refractivity contribution is 0.0668. The maximum atomic E-state index is 12.6. The van der Waals surface area contributed by atoms with Crippen molar-refractivity contribution in [2.24, 2.45) is 5.92 Å². The van der Waals surface area contributed by atoms with Gasteiger partial charge in [0.05, 0.1) is 18.3 Å². The zero-order chi connectivity index (χ0) is 23.5. The molecule has 0 N–H and O–H groups in total. The van der Waals surface area contributed by atoms with Gasteiger partial charge < -0.3 is 9.47 Å². The smallest absolute Gasteiger partial charge is 0.150 e. The molecule has 0 bridgehead atoms. The van der Waals surface area contributed by atoms with Crippen LogP contribution >= 0.6 is 0 Å². The fraction of sp³-hybridized carbons (Fsp3) is 0.276. The van der Waals surface area contributed by atoms with E-state index in [0.717, 1.165) is 59.0 Å². The lowest BCUT2D eigenvalue weighted by Crippen LogP contribution is -2.49. The Morgan fingerprint density at radius 3 is 2.47 bits per heavy atom. The highest BCUT2D eigenvalue weighted by atomic mass is 19.1. The number of nitriles is 1. The Hall–Kier alpha value is -3.62. The minimum absolute atomic E-state index is 0.196. The van der Waals surface area contributed by atoms with Crippen LogP contribution in [0.15, 0.2) is 72.8 Å². The summed E-state index contributed by atoms with van der Waals surface area (Å²) in [6.45, 7) is 4.94. The Morgan fingerprint density at radius 1 is 1.03 bits per heavy atom. The number of halogens is 1. The van der Waals surface area contributed by atoms with Crippen molar-refractivity contribution in [1.82, 2.24) is 4.90 Å². The van der Waals surface area contributed by atoms with Crippen LogP contribution in [0.4, 0.5) is 4.39 Å². The van der Waals surface area contributed by atoms with Crippen molar-refractivity contribution in [3.63, 3.8) is 0 Å². The summed E-state index contributed by atoms with van der Waals surface area (Å²) in [6.07, 6.45) is -0.268. The van der Waals surface area contributed by atoms with Gasteiger partial charge in [-0.2, -0.15) is 5.26 Å². The van der Waals surface area contributed by atoms with E-state index in [4.69, 9.17) is 9.47 Å². The van der Waals surface area contributed by atoms with Gasteiger partial charge in [0.15, 0.2) is 0 Å². The highest BCUT2D eigenvalue weighted by Gasteiger charge is 2.29. The predicted octanol–water partition coefficient (Wildman–Crippen LogP) is 5.90. The molecule has 34 heavy (non-hydrogen) atoms. The first-order valence-electron chi connectivity index (χ1n) is 11.6. The van der Waals surface area contributed by atoms with Gasteiger partial charge in [-0.25, -0.2) is 0 Å². The number of ether oxygens (including phenoxy) is 2. The maximum absolute atomic E-state index is 12.6. The quantitative estimate of drug-likeness (QED) is 0.446. The van der Waals surface area contributed by atoms with E-state index >= 15 is 0 Å². The van der Waals surface area contributed by atoms with Crippen molar-refractivity contribution in [1.29, 1.82) is 5.26 Å². The normalized spacial score (nSPS) is 18.0. The summed E-state index contributed by atoms with van der Waals surface area (Å²) in [5.74, 6) is 1.87. The number of hydrogen-bond donors (Lipinski definition) is 0. The van der Waals surface area contributed by atoms with E-state index in [1.165, 1.54) is 0 Å². The fourth-order valence-electron chi connectivity index (χ4n) is 4.72. The van der Waals surface area contributed by atoms with Crippen molar-refractivity contribution in [3.8, 4) is 17.6 Å². The van der Waals surface area contributed by atoms with Gasteiger partial charge in [-0.3, -0.25) is 9.29 Å². The zero-order valence-corrected chi connectivity index (χ0v) is 19.2. The summed E-state index contributed by atoms with van der Waals surface area (Å²) < 4.78 is 25.0. The highest BCUT2D eigenvalue weighted by molar-refractivity contribution is 5.95. The maximum Gasteiger partial charge on any atom is 0.150 e. The molecule has 0 aromatic heterocycles. The first-order valence-corrected chi connectivity index (χ1v) is 11.6. The third-order valence-corrected chi connectivity index (χ3v) is 6.64. The molecule has 2 heterocycles. The van der Waals surface area contributed by atoms with E-state index in [-0.39, 0.29) is 18.7 Å². The van der Waals surface area contributed by atoms with Crippen LogP contribution in [-0.2, 0) is 0 Å². The number of nitrogens with zero attached hydrogens (tertiary/aromatic N) is 2. The number of allylic oxidation sites excluding steroid dienone is 1. The number of benzene rings is 3. The molecule has 172 valence electrons. The van der Waals surface area contributed by atoms with Crippen LogP contribution in [0.3, 0.4) is 0 Å². The van der Waals surface area contributed by atoms with E-state index < -0.39 is 0 Å². The summed E-state index contributed by atoms with van der Waals surface area (Å²) >= 11 is 0. The number of alkyl halides is 1. The molecule has 0 radical (unpaired) electrons. The molecule has 0 amide bonds. The van der Waals surface area contributed by atoms with Gasteiger partial charge in [0.1, 0.15) is 24.2 Å². The molecular formula is C29H27FN2O2.